The van der Waals surface area contributed by atoms with Crippen molar-refractivity contribution in [1.82, 2.24) is 9.80 Å². The van der Waals surface area contributed by atoms with Crippen molar-refractivity contribution in [1.29, 1.82) is 0 Å². The van der Waals surface area contributed by atoms with E-state index in [0.29, 0.717) is 6.54 Å². The van der Waals surface area contributed by atoms with Crippen molar-refractivity contribution in [3.8, 4) is 11.1 Å². The van der Waals surface area contributed by atoms with Gasteiger partial charge in [-0.05, 0) is 48.2 Å². The molecule has 2 aromatic carbocycles. The number of aliphatic carboxylic acids is 1. The lowest BCUT2D eigenvalue weighted by molar-refractivity contribution is -0.137. The zero-order valence-corrected chi connectivity index (χ0v) is 18.0. The second kappa shape index (κ2) is 9.52. The summed E-state index contributed by atoms with van der Waals surface area (Å²) in [5.41, 5.74) is 4.71. The summed E-state index contributed by atoms with van der Waals surface area (Å²) in [5.74, 6) is -0.911. The van der Waals surface area contributed by atoms with Gasteiger partial charge in [-0.1, -0.05) is 55.5 Å². The molecule has 1 unspecified atom stereocenters. The van der Waals surface area contributed by atoms with Crippen LogP contribution in [0.25, 0.3) is 11.1 Å². The fraction of sp³-hybridized carbons (Fsp3) is 0.440. The molecule has 1 aliphatic heterocycles. The molecule has 31 heavy (non-hydrogen) atoms. The molecule has 1 amide bonds. The number of carbonyl (C=O) groups is 2. The van der Waals surface area contributed by atoms with Crippen molar-refractivity contribution < 1.29 is 19.4 Å². The second-order valence-corrected chi connectivity index (χ2v) is 8.32. The topological polar surface area (TPSA) is 70.1 Å². The Morgan fingerprint density at radius 1 is 1.10 bits per heavy atom. The van der Waals surface area contributed by atoms with Crippen LogP contribution in [-0.2, 0) is 9.53 Å². The van der Waals surface area contributed by atoms with Crippen molar-refractivity contribution in [2.24, 2.45) is 0 Å². The van der Waals surface area contributed by atoms with Gasteiger partial charge in [0.25, 0.3) is 0 Å². The van der Waals surface area contributed by atoms with Crippen LogP contribution in [0, 0.1) is 0 Å². The predicted molar refractivity (Wildman–Crippen MR) is 119 cm³/mol. The van der Waals surface area contributed by atoms with E-state index in [1.165, 1.54) is 22.3 Å². The standard InChI is InChI=1S/C25H30N2O4/c1-2-26-14-7-8-18(26)16-27(15-13-24(28)29)25(30)31-17-23-21-11-5-3-9-19(21)20-10-4-6-12-22(20)23/h3-6,9-12,18,23H,2,7-8,13-17H2,1H3,(H,28,29). The molecule has 1 heterocycles. The quantitative estimate of drug-likeness (QED) is 0.691. The van der Waals surface area contributed by atoms with E-state index in [0.717, 1.165) is 25.9 Å². The Bertz CT molecular complexity index is 899. The molecule has 1 N–H and O–H groups in total. The molecule has 4 rings (SSSR count). The number of carboxylic acids is 1. The summed E-state index contributed by atoms with van der Waals surface area (Å²) in [6.45, 7) is 5.00. The van der Waals surface area contributed by atoms with E-state index < -0.39 is 12.1 Å². The highest BCUT2D eigenvalue weighted by molar-refractivity contribution is 5.79. The van der Waals surface area contributed by atoms with Crippen LogP contribution >= 0.6 is 0 Å². The van der Waals surface area contributed by atoms with Crippen molar-refractivity contribution in [2.45, 2.75) is 38.1 Å². The van der Waals surface area contributed by atoms with Gasteiger partial charge in [-0.25, -0.2) is 4.79 Å². The van der Waals surface area contributed by atoms with Crippen molar-refractivity contribution in [3.05, 3.63) is 59.7 Å². The summed E-state index contributed by atoms with van der Waals surface area (Å²) in [6, 6.07) is 16.7. The lowest BCUT2D eigenvalue weighted by Gasteiger charge is -2.30. The molecule has 1 saturated heterocycles. The number of carbonyl (C=O) groups excluding carboxylic acids is 1. The molecular formula is C25H30N2O4. The third kappa shape index (κ3) is 4.59. The lowest BCUT2D eigenvalue weighted by Crippen LogP contribution is -2.44. The van der Waals surface area contributed by atoms with E-state index in [-0.39, 0.29) is 31.5 Å². The number of hydrogen-bond donors (Lipinski definition) is 1. The van der Waals surface area contributed by atoms with E-state index in [4.69, 9.17) is 9.84 Å². The van der Waals surface area contributed by atoms with E-state index in [2.05, 4.69) is 36.1 Å². The Morgan fingerprint density at radius 3 is 2.35 bits per heavy atom. The summed E-state index contributed by atoms with van der Waals surface area (Å²) in [6.07, 6.45) is 1.62. The highest BCUT2D eigenvalue weighted by atomic mass is 16.6. The maximum absolute atomic E-state index is 13.0. The second-order valence-electron chi connectivity index (χ2n) is 8.32. The van der Waals surface area contributed by atoms with Gasteiger partial charge in [-0.15, -0.1) is 0 Å². The van der Waals surface area contributed by atoms with Crippen LogP contribution in [0.4, 0.5) is 4.79 Å². The first-order valence-electron chi connectivity index (χ1n) is 11.1. The molecule has 2 aliphatic rings. The number of rotatable bonds is 8. The number of likely N-dealkylation sites (tertiary alicyclic amines) is 1. The van der Waals surface area contributed by atoms with Gasteiger partial charge < -0.3 is 14.7 Å². The van der Waals surface area contributed by atoms with E-state index in [1.54, 1.807) is 4.90 Å². The fourth-order valence-corrected chi connectivity index (χ4v) is 4.95. The third-order valence-corrected chi connectivity index (χ3v) is 6.53. The van der Waals surface area contributed by atoms with Crippen LogP contribution in [0.3, 0.4) is 0 Å². The SMILES string of the molecule is CCN1CCCC1CN(CCC(=O)O)C(=O)OCC1c2ccccc2-c2ccccc21. The van der Waals surface area contributed by atoms with Gasteiger partial charge in [-0.3, -0.25) is 9.69 Å². The largest absolute Gasteiger partial charge is 0.481 e. The van der Waals surface area contributed by atoms with Crippen LogP contribution in [0.2, 0.25) is 0 Å². The number of carboxylic acid groups (broad SMARTS) is 1. The molecule has 0 aromatic heterocycles. The monoisotopic (exact) mass is 422 g/mol. The van der Waals surface area contributed by atoms with Gasteiger partial charge in [0.2, 0.25) is 0 Å². The maximum atomic E-state index is 13.0. The number of fused-ring (bicyclic) bond motifs is 3. The number of likely N-dealkylation sites (N-methyl/N-ethyl adjacent to an activating group) is 1. The van der Waals surface area contributed by atoms with Crippen LogP contribution in [0.15, 0.2) is 48.5 Å². The van der Waals surface area contributed by atoms with Crippen molar-refractivity contribution in [2.75, 3.05) is 32.8 Å². The Labute approximate surface area is 183 Å². The number of nitrogens with zero attached hydrogens (tertiary/aromatic N) is 2. The minimum Gasteiger partial charge on any atom is -0.481 e. The highest BCUT2D eigenvalue weighted by Gasteiger charge is 2.31. The summed E-state index contributed by atoms with van der Waals surface area (Å²) in [4.78, 5) is 28.1. The van der Waals surface area contributed by atoms with Gasteiger partial charge in [0.1, 0.15) is 6.61 Å². The molecule has 2 aromatic rings. The Hall–Kier alpha value is -2.86. The molecule has 164 valence electrons. The maximum Gasteiger partial charge on any atom is 0.409 e. The summed E-state index contributed by atoms with van der Waals surface area (Å²) in [7, 11) is 0. The third-order valence-electron chi connectivity index (χ3n) is 6.53. The Kier molecular flexibility index (Phi) is 6.56. The first-order chi connectivity index (χ1) is 15.1. The van der Waals surface area contributed by atoms with Crippen LogP contribution in [-0.4, -0.2) is 65.8 Å². The van der Waals surface area contributed by atoms with Gasteiger partial charge in [0.05, 0.1) is 6.42 Å². The molecule has 0 saturated carbocycles. The zero-order chi connectivity index (χ0) is 21.8. The van der Waals surface area contributed by atoms with E-state index in [1.807, 2.05) is 24.3 Å². The van der Waals surface area contributed by atoms with Gasteiger partial charge >= 0.3 is 12.1 Å². The zero-order valence-electron chi connectivity index (χ0n) is 18.0. The first kappa shape index (κ1) is 21.4. The number of ether oxygens (including phenoxy) is 1. The van der Waals surface area contributed by atoms with E-state index in [9.17, 15) is 9.59 Å². The average Bonchev–Trinajstić information content (AvgIpc) is 3.36. The lowest BCUT2D eigenvalue weighted by atomic mass is 9.98. The Balaban J connectivity index is 1.46. The fourth-order valence-electron chi connectivity index (χ4n) is 4.95. The molecule has 6 heteroatoms. The minimum atomic E-state index is -0.907. The summed E-state index contributed by atoms with van der Waals surface area (Å²) >= 11 is 0. The Morgan fingerprint density at radius 2 is 1.74 bits per heavy atom. The van der Waals surface area contributed by atoms with E-state index >= 15 is 0 Å². The predicted octanol–water partition coefficient (Wildman–Crippen LogP) is 4.20. The average molecular weight is 423 g/mol. The van der Waals surface area contributed by atoms with Crippen LogP contribution in [0.5, 0.6) is 0 Å². The normalized spacial score (nSPS) is 17.9. The highest BCUT2D eigenvalue weighted by Crippen LogP contribution is 2.44. The van der Waals surface area contributed by atoms with Crippen LogP contribution in [0.1, 0.15) is 43.2 Å². The molecule has 1 aliphatic carbocycles. The smallest absolute Gasteiger partial charge is 0.409 e. The molecular weight excluding hydrogens is 392 g/mol. The summed E-state index contributed by atoms with van der Waals surface area (Å²) < 4.78 is 5.79. The number of hydrogen-bond acceptors (Lipinski definition) is 4. The molecule has 0 spiro atoms. The van der Waals surface area contributed by atoms with Crippen LogP contribution < -0.4 is 0 Å². The van der Waals surface area contributed by atoms with Crippen molar-refractivity contribution >= 4 is 12.1 Å². The van der Waals surface area contributed by atoms with Gasteiger partial charge in [0.15, 0.2) is 0 Å². The van der Waals surface area contributed by atoms with Crippen molar-refractivity contribution in [3.63, 3.8) is 0 Å². The molecule has 0 bridgehead atoms. The van der Waals surface area contributed by atoms with Gasteiger partial charge in [0, 0.05) is 25.0 Å². The number of benzene rings is 2. The van der Waals surface area contributed by atoms with Gasteiger partial charge in [-0.2, -0.15) is 0 Å². The molecule has 6 nitrogen and oxygen atoms in total. The summed E-state index contributed by atoms with van der Waals surface area (Å²) in [5, 5.41) is 9.13. The first-order valence-corrected chi connectivity index (χ1v) is 11.1. The molecule has 1 fully saturated rings. The molecule has 1 atom stereocenters. The molecule has 0 radical (unpaired) electrons. The number of amides is 1. The minimum absolute atomic E-state index is 0.00343.